The standard InChI is InChI=1S/C57H52N2O6/c60-53-47(39-7-3-1-4-8-39)21-43(25-51(53)58(62)63)57(44-22-48(40-9-5-2-6-10-40)54(61)52(26-44)59(64)65)49-23-41(55-27-33-15-34(28-55)17-35(16-33)29-55)11-13-45(49)46-14-12-42(24-50(46)57)56-30-36-18-37(31-56)20-38(19-36)32-56/h1-14,21-26,33-38,60-61H,15-20,27-32H2. The molecular formula is C57H52N2O6. The molecule has 0 aromatic heterocycles. The lowest BCUT2D eigenvalue weighted by Gasteiger charge is -2.57. The van der Waals surface area contributed by atoms with Crippen LogP contribution in [0.1, 0.15) is 110 Å². The van der Waals surface area contributed by atoms with E-state index < -0.39 is 38.1 Å². The van der Waals surface area contributed by atoms with Gasteiger partial charge in [-0.05, 0) is 191 Å². The molecule has 8 fully saturated rings. The van der Waals surface area contributed by atoms with Gasteiger partial charge in [0.2, 0.25) is 11.5 Å². The summed E-state index contributed by atoms with van der Waals surface area (Å²) in [4.78, 5) is 25.5. The summed E-state index contributed by atoms with van der Waals surface area (Å²) in [7, 11) is 0. The second kappa shape index (κ2) is 13.9. The molecule has 8 saturated carbocycles. The van der Waals surface area contributed by atoms with E-state index in [1.165, 1.54) is 61.8 Å². The van der Waals surface area contributed by atoms with Crippen LogP contribution >= 0.6 is 0 Å². The zero-order valence-corrected chi connectivity index (χ0v) is 36.4. The largest absolute Gasteiger partial charge is 0.502 e. The van der Waals surface area contributed by atoms with Crippen molar-refractivity contribution in [2.45, 2.75) is 93.3 Å². The van der Waals surface area contributed by atoms with Crippen molar-refractivity contribution < 1.29 is 20.1 Å². The van der Waals surface area contributed by atoms with E-state index in [1.54, 1.807) is 0 Å². The van der Waals surface area contributed by atoms with E-state index in [1.807, 2.05) is 72.8 Å². The molecule has 9 aliphatic carbocycles. The number of aromatic hydroxyl groups is 2. The predicted molar refractivity (Wildman–Crippen MR) is 251 cm³/mol. The number of rotatable bonds is 8. The van der Waals surface area contributed by atoms with Crippen LogP contribution in [0.5, 0.6) is 11.5 Å². The van der Waals surface area contributed by atoms with Crippen molar-refractivity contribution in [3.63, 3.8) is 0 Å². The Morgan fingerprint density at radius 1 is 0.415 bits per heavy atom. The van der Waals surface area contributed by atoms with E-state index in [4.69, 9.17) is 0 Å². The van der Waals surface area contributed by atoms with Gasteiger partial charge in [-0.25, -0.2) is 0 Å². The molecule has 65 heavy (non-hydrogen) atoms. The summed E-state index contributed by atoms with van der Waals surface area (Å²) in [5.74, 6) is 3.32. The number of phenolic OH excluding ortho intramolecular Hbond substituents is 2. The number of benzene rings is 6. The van der Waals surface area contributed by atoms with Crippen molar-refractivity contribution in [1.29, 1.82) is 0 Å². The number of nitro groups is 2. The number of phenols is 2. The lowest BCUT2D eigenvalue weighted by molar-refractivity contribution is -0.385. The molecule has 0 aliphatic heterocycles. The van der Waals surface area contributed by atoms with Gasteiger partial charge in [-0.15, -0.1) is 0 Å². The molecule has 0 saturated heterocycles. The molecule has 6 aromatic rings. The number of fused-ring (bicyclic) bond motifs is 3. The van der Waals surface area contributed by atoms with Gasteiger partial charge in [0, 0.05) is 23.3 Å². The number of nitrogens with zero attached hydrogens (tertiary/aromatic N) is 2. The molecule has 15 rings (SSSR count). The average Bonchev–Trinajstić information content (AvgIpc) is 3.58. The molecule has 0 heterocycles. The van der Waals surface area contributed by atoms with Crippen LogP contribution in [0.4, 0.5) is 11.4 Å². The van der Waals surface area contributed by atoms with Crippen LogP contribution in [0, 0.1) is 55.7 Å². The van der Waals surface area contributed by atoms with Gasteiger partial charge in [-0.2, -0.15) is 0 Å². The molecule has 6 aromatic carbocycles. The van der Waals surface area contributed by atoms with Crippen LogP contribution in [0.15, 0.2) is 121 Å². The zero-order chi connectivity index (χ0) is 44.0. The van der Waals surface area contributed by atoms with Crippen molar-refractivity contribution in [1.82, 2.24) is 0 Å². The molecule has 8 heteroatoms. The topological polar surface area (TPSA) is 127 Å². The minimum absolute atomic E-state index is 0.000948. The Bertz CT molecular complexity index is 2720. The highest BCUT2D eigenvalue weighted by Crippen LogP contribution is 2.66. The highest BCUT2D eigenvalue weighted by atomic mass is 16.6. The fourth-order valence-electron chi connectivity index (χ4n) is 16.3. The van der Waals surface area contributed by atoms with E-state index in [0.717, 1.165) is 60.8 Å². The molecular weight excluding hydrogens is 809 g/mol. The number of hydrogen-bond donors (Lipinski definition) is 2. The SMILES string of the molecule is O=[N+]([O-])c1cc(C2(c3cc(-c4ccccc4)c(O)c([N+](=O)[O-])c3)c3cc(C45CC6CC(CC(C6)C4)C5)ccc3-c3ccc(C45CC6CC(CC(C6)C4)C5)cc32)cc(-c2ccccc2)c1O. The average molecular weight is 861 g/mol. The molecule has 0 spiro atoms. The van der Waals surface area contributed by atoms with E-state index in [-0.39, 0.29) is 10.8 Å². The maximum Gasteiger partial charge on any atom is 0.311 e. The normalized spacial score (nSPS) is 29.4. The number of hydrogen-bond acceptors (Lipinski definition) is 6. The second-order valence-corrected chi connectivity index (χ2v) is 21.7. The fraction of sp³-hybridized carbons (Fsp3) is 0.368. The van der Waals surface area contributed by atoms with Crippen LogP contribution in [0.25, 0.3) is 33.4 Å². The smallest absolute Gasteiger partial charge is 0.311 e. The molecule has 0 radical (unpaired) electrons. The maximum absolute atomic E-state index is 13.3. The Balaban J connectivity index is 1.16. The van der Waals surface area contributed by atoms with E-state index >= 15 is 0 Å². The summed E-state index contributed by atoms with van der Waals surface area (Å²) in [5, 5.41) is 50.3. The van der Waals surface area contributed by atoms with Crippen molar-refractivity contribution >= 4 is 11.4 Å². The molecule has 0 atom stereocenters. The molecule has 0 unspecified atom stereocenters. The summed E-state index contributed by atoms with van der Waals surface area (Å²) in [6, 6.07) is 39.4. The van der Waals surface area contributed by atoms with Crippen molar-refractivity contribution in [2.75, 3.05) is 0 Å². The van der Waals surface area contributed by atoms with E-state index in [2.05, 4.69) is 36.4 Å². The van der Waals surface area contributed by atoms with Crippen molar-refractivity contribution in [3.05, 3.63) is 175 Å². The minimum atomic E-state index is -1.34. The number of nitro benzene ring substituents is 2. The summed E-state index contributed by atoms with van der Waals surface area (Å²) in [5.41, 5.74) is 7.19. The molecule has 0 amide bonds. The Labute approximate surface area is 378 Å². The van der Waals surface area contributed by atoms with Gasteiger partial charge in [0.1, 0.15) is 0 Å². The first-order chi connectivity index (χ1) is 31.5. The van der Waals surface area contributed by atoms with Crippen LogP contribution in [0.2, 0.25) is 0 Å². The minimum Gasteiger partial charge on any atom is -0.502 e. The first-order valence-electron chi connectivity index (χ1n) is 24.0. The van der Waals surface area contributed by atoms with Crippen LogP contribution < -0.4 is 0 Å². The monoisotopic (exact) mass is 860 g/mol. The van der Waals surface area contributed by atoms with E-state index in [9.17, 15) is 30.4 Å². The zero-order valence-electron chi connectivity index (χ0n) is 36.4. The van der Waals surface area contributed by atoms with Gasteiger partial charge in [0.15, 0.2) is 0 Å². The van der Waals surface area contributed by atoms with Crippen LogP contribution in [0.3, 0.4) is 0 Å². The van der Waals surface area contributed by atoms with Gasteiger partial charge in [0.25, 0.3) is 0 Å². The molecule has 2 N–H and O–H groups in total. The van der Waals surface area contributed by atoms with Crippen molar-refractivity contribution in [3.8, 4) is 44.9 Å². The summed E-state index contributed by atoms with van der Waals surface area (Å²) < 4.78 is 0. The van der Waals surface area contributed by atoms with Gasteiger partial charge < -0.3 is 10.2 Å². The molecule has 8 bridgehead atoms. The second-order valence-electron chi connectivity index (χ2n) is 21.7. The first-order valence-corrected chi connectivity index (χ1v) is 24.0. The lowest BCUT2D eigenvalue weighted by atomic mass is 9.47. The summed E-state index contributed by atoms with van der Waals surface area (Å²) in [6.07, 6.45) is 14.6. The molecule has 326 valence electrons. The van der Waals surface area contributed by atoms with Crippen LogP contribution in [-0.2, 0) is 16.2 Å². The first kappa shape index (κ1) is 39.1. The Morgan fingerprint density at radius 2 is 0.754 bits per heavy atom. The Morgan fingerprint density at radius 3 is 1.08 bits per heavy atom. The molecule has 9 aliphatic rings. The third-order valence-corrected chi connectivity index (χ3v) is 18.0. The maximum atomic E-state index is 13.3. The summed E-state index contributed by atoms with van der Waals surface area (Å²) in [6.45, 7) is 0. The third-order valence-electron chi connectivity index (χ3n) is 18.0. The van der Waals surface area contributed by atoms with Gasteiger partial charge in [-0.1, -0.05) is 97.1 Å². The van der Waals surface area contributed by atoms with Crippen LogP contribution in [-0.4, -0.2) is 20.1 Å². The van der Waals surface area contributed by atoms with Gasteiger partial charge >= 0.3 is 11.4 Å². The van der Waals surface area contributed by atoms with Gasteiger partial charge in [0.05, 0.1) is 15.3 Å². The Hall–Kier alpha value is -6.28. The third kappa shape index (κ3) is 5.67. The fourth-order valence-corrected chi connectivity index (χ4v) is 16.3. The lowest BCUT2D eigenvalue weighted by Crippen LogP contribution is -2.48. The Kier molecular flexibility index (Phi) is 8.34. The predicted octanol–water partition coefficient (Wildman–Crippen LogP) is 13.5. The van der Waals surface area contributed by atoms with Gasteiger partial charge in [-0.3, -0.25) is 20.2 Å². The quantitative estimate of drug-likeness (QED) is 0.116. The highest BCUT2D eigenvalue weighted by Gasteiger charge is 2.56. The van der Waals surface area contributed by atoms with E-state index in [0.29, 0.717) is 68.9 Å². The van der Waals surface area contributed by atoms with Crippen molar-refractivity contribution in [2.24, 2.45) is 35.5 Å². The highest BCUT2D eigenvalue weighted by molar-refractivity contribution is 5.90. The summed E-state index contributed by atoms with van der Waals surface area (Å²) >= 11 is 0. The molecule has 8 nitrogen and oxygen atoms in total.